The second-order valence-corrected chi connectivity index (χ2v) is 11.7. The molecule has 2 aliphatic rings. The number of hydrogen-bond acceptors (Lipinski definition) is 5. The molecule has 7 nitrogen and oxygen atoms in total. The third-order valence-electron chi connectivity index (χ3n) is 7.23. The summed E-state index contributed by atoms with van der Waals surface area (Å²) < 4.78 is 27.9. The number of nitrogens with zero attached hydrogens (tertiary/aromatic N) is 3. The molecule has 0 spiro atoms. The molecule has 2 unspecified atom stereocenters. The minimum Gasteiger partial charge on any atom is -0.352 e. The Balaban J connectivity index is 1.33. The molecule has 1 N–H and O–H groups in total. The maximum atomic E-state index is 13.2. The number of nitrogens with one attached hydrogen (secondary N) is 1. The van der Waals surface area contributed by atoms with Crippen LogP contribution in [0.2, 0.25) is 0 Å². The van der Waals surface area contributed by atoms with Gasteiger partial charge in [-0.05, 0) is 57.0 Å². The van der Waals surface area contributed by atoms with Crippen LogP contribution in [-0.2, 0) is 10.0 Å². The second kappa shape index (κ2) is 11.6. The Hall–Kier alpha value is -2.26. The van der Waals surface area contributed by atoms with E-state index in [9.17, 15) is 13.2 Å². The number of rotatable bonds is 8. The van der Waals surface area contributed by atoms with Crippen molar-refractivity contribution in [1.82, 2.24) is 19.4 Å². The highest BCUT2D eigenvalue weighted by atomic mass is 32.2. The number of carbonyl (C=O) groups excluding carboxylic acids is 1. The SMILES string of the molecule is CC1CCCCN1S(=O)(=O)c1cccc(C(=O)NCCCN2CCN(C)CC2c2ccccc2)c1. The van der Waals surface area contributed by atoms with Gasteiger partial charge in [0.15, 0.2) is 0 Å². The topological polar surface area (TPSA) is 73.0 Å². The Bertz CT molecular complexity index is 1090. The normalized spacial score (nSPS) is 22.7. The fourth-order valence-electron chi connectivity index (χ4n) is 5.16. The van der Waals surface area contributed by atoms with Gasteiger partial charge in [0.25, 0.3) is 5.91 Å². The summed E-state index contributed by atoms with van der Waals surface area (Å²) in [6, 6.07) is 17.4. The molecule has 8 heteroatoms. The van der Waals surface area contributed by atoms with E-state index in [1.54, 1.807) is 22.5 Å². The highest BCUT2D eigenvalue weighted by Crippen LogP contribution is 2.26. The van der Waals surface area contributed by atoms with Gasteiger partial charge in [-0.3, -0.25) is 9.69 Å². The molecule has 2 atom stereocenters. The van der Waals surface area contributed by atoms with Crippen LogP contribution in [0, 0.1) is 0 Å². The van der Waals surface area contributed by atoms with Gasteiger partial charge in [-0.2, -0.15) is 4.31 Å². The van der Waals surface area contributed by atoms with Crippen molar-refractivity contribution < 1.29 is 13.2 Å². The van der Waals surface area contributed by atoms with E-state index in [2.05, 4.69) is 46.4 Å². The minimum absolute atomic E-state index is 0.0134. The summed E-state index contributed by atoms with van der Waals surface area (Å²) in [5.41, 5.74) is 1.71. The Morgan fingerprint density at radius 3 is 2.60 bits per heavy atom. The standard InChI is InChI=1S/C27H38N4O3S/c1-22-10-6-7-17-31(22)35(33,34)25-14-8-13-24(20-25)27(32)28-15-9-16-30-19-18-29(2)21-26(30)23-11-4-3-5-12-23/h3-5,8,11-14,20,22,26H,6-7,9-10,15-19,21H2,1-2H3,(H,28,32). The largest absolute Gasteiger partial charge is 0.352 e. The number of amides is 1. The van der Waals surface area contributed by atoms with E-state index < -0.39 is 10.0 Å². The lowest BCUT2D eigenvalue weighted by molar-refractivity contribution is 0.0865. The molecule has 35 heavy (non-hydrogen) atoms. The average Bonchev–Trinajstić information content (AvgIpc) is 2.88. The van der Waals surface area contributed by atoms with Crippen LogP contribution in [0.4, 0.5) is 0 Å². The molecule has 0 saturated carbocycles. The molecular formula is C27H38N4O3S. The summed E-state index contributed by atoms with van der Waals surface area (Å²) >= 11 is 0. The maximum absolute atomic E-state index is 13.2. The molecule has 2 heterocycles. The van der Waals surface area contributed by atoms with Crippen LogP contribution in [0.1, 0.15) is 54.6 Å². The van der Waals surface area contributed by atoms with Crippen molar-refractivity contribution >= 4 is 15.9 Å². The van der Waals surface area contributed by atoms with Crippen molar-refractivity contribution in [3.63, 3.8) is 0 Å². The van der Waals surface area contributed by atoms with Crippen molar-refractivity contribution in [2.75, 3.05) is 46.3 Å². The summed E-state index contributed by atoms with van der Waals surface area (Å²) in [4.78, 5) is 17.9. The first-order chi connectivity index (χ1) is 16.9. The zero-order valence-electron chi connectivity index (χ0n) is 20.9. The first-order valence-corrected chi connectivity index (χ1v) is 14.2. The molecule has 0 aromatic heterocycles. The van der Waals surface area contributed by atoms with Crippen molar-refractivity contribution in [3.05, 3.63) is 65.7 Å². The number of sulfonamides is 1. The van der Waals surface area contributed by atoms with Gasteiger partial charge in [-0.15, -0.1) is 0 Å². The smallest absolute Gasteiger partial charge is 0.251 e. The molecule has 0 bridgehead atoms. The quantitative estimate of drug-likeness (QED) is 0.565. The number of likely N-dealkylation sites (N-methyl/N-ethyl adjacent to an activating group) is 1. The van der Waals surface area contributed by atoms with Crippen molar-refractivity contribution in [1.29, 1.82) is 0 Å². The Morgan fingerprint density at radius 1 is 1.03 bits per heavy atom. The first-order valence-electron chi connectivity index (χ1n) is 12.7. The highest BCUT2D eigenvalue weighted by molar-refractivity contribution is 7.89. The molecule has 190 valence electrons. The van der Waals surface area contributed by atoms with Crippen molar-refractivity contribution in [3.8, 4) is 0 Å². The van der Waals surface area contributed by atoms with Crippen LogP contribution >= 0.6 is 0 Å². The van der Waals surface area contributed by atoms with E-state index in [1.165, 1.54) is 11.6 Å². The number of benzene rings is 2. The monoisotopic (exact) mass is 498 g/mol. The second-order valence-electron chi connectivity index (χ2n) is 9.82. The van der Waals surface area contributed by atoms with E-state index in [1.807, 2.05) is 13.0 Å². The predicted octanol–water partition coefficient (Wildman–Crippen LogP) is 3.36. The minimum atomic E-state index is -3.60. The Morgan fingerprint density at radius 2 is 1.83 bits per heavy atom. The molecular weight excluding hydrogens is 460 g/mol. The summed E-state index contributed by atoms with van der Waals surface area (Å²) in [6.45, 7) is 6.96. The lowest BCUT2D eigenvalue weighted by atomic mass is 10.0. The van der Waals surface area contributed by atoms with Gasteiger partial charge in [0.2, 0.25) is 10.0 Å². The Kier molecular flexibility index (Phi) is 8.59. The Labute approximate surface area is 210 Å². The lowest BCUT2D eigenvalue weighted by Gasteiger charge is -2.40. The van der Waals surface area contributed by atoms with Crippen molar-refractivity contribution in [2.24, 2.45) is 0 Å². The van der Waals surface area contributed by atoms with E-state index >= 15 is 0 Å². The first kappa shape index (κ1) is 25.8. The number of piperidine rings is 1. The van der Waals surface area contributed by atoms with Crippen LogP contribution in [0.25, 0.3) is 0 Å². The molecule has 2 fully saturated rings. The van der Waals surface area contributed by atoms with Crippen LogP contribution in [0.15, 0.2) is 59.5 Å². The van der Waals surface area contributed by atoms with Crippen LogP contribution in [-0.4, -0.2) is 80.8 Å². The van der Waals surface area contributed by atoms with E-state index in [0.717, 1.165) is 51.9 Å². The molecule has 2 aromatic rings. The van der Waals surface area contributed by atoms with Gasteiger partial charge in [0.05, 0.1) is 4.90 Å². The zero-order valence-corrected chi connectivity index (χ0v) is 21.7. The predicted molar refractivity (Wildman–Crippen MR) is 139 cm³/mol. The summed E-state index contributed by atoms with van der Waals surface area (Å²) in [6.07, 6.45) is 3.64. The fraction of sp³-hybridized carbons (Fsp3) is 0.519. The van der Waals surface area contributed by atoms with Crippen molar-refractivity contribution in [2.45, 2.75) is 49.6 Å². The summed E-state index contributed by atoms with van der Waals surface area (Å²) in [7, 11) is -1.44. The van der Waals surface area contributed by atoms with Gasteiger partial charge in [0.1, 0.15) is 0 Å². The van der Waals surface area contributed by atoms with Gasteiger partial charge in [-0.1, -0.05) is 42.8 Å². The molecule has 1 amide bonds. The van der Waals surface area contributed by atoms with E-state index in [-0.39, 0.29) is 16.8 Å². The summed E-state index contributed by atoms with van der Waals surface area (Å²) in [5, 5.41) is 2.98. The van der Waals surface area contributed by atoms with Crippen LogP contribution in [0.3, 0.4) is 0 Å². The number of hydrogen-bond donors (Lipinski definition) is 1. The van der Waals surface area contributed by atoms with Gasteiger partial charge in [-0.25, -0.2) is 8.42 Å². The van der Waals surface area contributed by atoms with Gasteiger partial charge >= 0.3 is 0 Å². The van der Waals surface area contributed by atoms with E-state index in [4.69, 9.17) is 0 Å². The van der Waals surface area contributed by atoms with Gasteiger partial charge in [0, 0.05) is 56.9 Å². The lowest BCUT2D eigenvalue weighted by Crippen LogP contribution is -2.47. The highest BCUT2D eigenvalue weighted by Gasteiger charge is 2.31. The number of carbonyl (C=O) groups is 1. The summed E-state index contributed by atoms with van der Waals surface area (Å²) in [5.74, 6) is -0.230. The zero-order chi connectivity index (χ0) is 24.8. The molecule has 4 rings (SSSR count). The third kappa shape index (κ3) is 6.30. The molecule has 2 aliphatic heterocycles. The third-order valence-corrected chi connectivity index (χ3v) is 9.24. The average molecular weight is 499 g/mol. The van der Waals surface area contributed by atoms with Crippen LogP contribution in [0.5, 0.6) is 0 Å². The maximum Gasteiger partial charge on any atom is 0.251 e. The van der Waals surface area contributed by atoms with Gasteiger partial charge < -0.3 is 10.2 Å². The number of piperazine rings is 1. The molecule has 2 saturated heterocycles. The molecule has 2 aromatic carbocycles. The fourth-order valence-corrected chi connectivity index (χ4v) is 6.91. The van der Waals surface area contributed by atoms with Crippen LogP contribution < -0.4 is 5.32 Å². The molecule has 0 aliphatic carbocycles. The molecule has 0 radical (unpaired) electrons. The van der Waals surface area contributed by atoms with E-state index in [0.29, 0.717) is 24.7 Å².